The van der Waals surface area contributed by atoms with Gasteiger partial charge < -0.3 is 5.11 Å². The van der Waals surface area contributed by atoms with E-state index in [2.05, 4.69) is 37.3 Å². The van der Waals surface area contributed by atoms with Crippen LogP contribution in [0.3, 0.4) is 0 Å². The van der Waals surface area contributed by atoms with Crippen molar-refractivity contribution in [2.24, 2.45) is 5.41 Å². The van der Waals surface area contributed by atoms with E-state index in [1.807, 2.05) is 12.1 Å². The molecule has 0 heterocycles. The molecule has 0 atom stereocenters. The highest BCUT2D eigenvalue weighted by atomic mass is 16.4. The summed E-state index contributed by atoms with van der Waals surface area (Å²) in [5.41, 5.74) is 3.69. The van der Waals surface area contributed by atoms with Crippen LogP contribution in [0.5, 0.6) is 0 Å². The van der Waals surface area contributed by atoms with Gasteiger partial charge in [-0.25, -0.2) is 4.79 Å². The molecule has 3 rings (SSSR count). The Morgan fingerprint density at radius 1 is 1.00 bits per heavy atom. The van der Waals surface area contributed by atoms with E-state index in [0.717, 1.165) is 43.2 Å². The predicted octanol–water partition coefficient (Wildman–Crippen LogP) is 7.19. The molecule has 0 saturated heterocycles. The Bertz CT molecular complexity index is 838. The van der Waals surface area contributed by atoms with Crippen molar-refractivity contribution < 1.29 is 9.90 Å². The molecule has 0 radical (unpaired) electrons. The first-order chi connectivity index (χ1) is 14.1. The van der Waals surface area contributed by atoms with Gasteiger partial charge in [-0.1, -0.05) is 69.0 Å². The summed E-state index contributed by atoms with van der Waals surface area (Å²) in [5, 5.41) is 18.8. The molecule has 2 aromatic carbocycles. The van der Waals surface area contributed by atoms with Gasteiger partial charge in [-0.3, -0.25) is 0 Å². The number of rotatable bonds is 8. The van der Waals surface area contributed by atoms with Crippen LogP contribution in [-0.2, 0) is 0 Å². The monoisotopic (exact) mass is 389 g/mol. The lowest BCUT2D eigenvalue weighted by atomic mass is 9.67. The second-order valence-electron chi connectivity index (χ2n) is 8.48. The van der Waals surface area contributed by atoms with Crippen molar-refractivity contribution in [3.63, 3.8) is 0 Å². The Morgan fingerprint density at radius 3 is 2.10 bits per heavy atom. The lowest BCUT2D eigenvalue weighted by molar-refractivity contribution is 0.0697. The number of carboxylic acid groups (broad SMARTS) is 1. The minimum Gasteiger partial charge on any atom is -0.478 e. The number of benzene rings is 2. The average Bonchev–Trinajstić information content (AvgIpc) is 2.77. The lowest BCUT2D eigenvalue weighted by Gasteiger charge is -2.35. The van der Waals surface area contributed by atoms with Gasteiger partial charge in [0.15, 0.2) is 0 Å². The molecule has 1 aliphatic rings. The van der Waals surface area contributed by atoms with E-state index in [1.165, 1.54) is 31.2 Å². The number of nitrogens with zero attached hydrogens (tertiary/aromatic N) is 1. The maximum Gasteiger partial charge on any atom is 0.335 e. The summed E-state index contributed by atoms with van der Waals surface area (Å²) < 4.78 is 0. The largest absolute Gasteiger partial charge is 0.478 e. The van der Waals surface area contributed by atoms with Crippen molar-refractivity contribution in [3.8, 4) is 17.2 Å². The smallest absolute Gasteiger partial charge is 0.335 e. The quantitative estimate of drug-likeness (QED) is 0.486. The molecular formula is C26H31NO2. The third-order valence-corrected chi connectivity index (χ3v) is 6.54. The van der Waals surface area contributed by atoms with Gasteiger partial charge in [0, 0.05) is 0 Å². The molecule has 0 bridgehead atoms. The Balaban J connectivity index is 1.60. The number of aromatic carboxylic acids is 1. The maximum atomic E-state index is 11.0. The van der Waals surface area contributed by atoms with Gasteiger partial charge in [-0.2, -0.15) is 5.26 Å². The number of unbranched alkanes of at least 4 members (excludes halogenated alkanes) is 3. The summed E-state index contributed by atoms with van der Waals surface area (Å²) >= 11 is 0. The zero-order valence-electron chi connectivity index (χ0n) is 17.4. The normalized spacial score (nSPS) is 21.4. The van der Waals surface area contributed by atoms with Crippen LogP contribution in [0.1, 0.15) is 86.6 Å². The molecule has 0 spiro atoms. The van der Waals surface area contributed by atoms with Gasteiger partial charge in [0.1, 0.15) is 0 Å². The van der Waals surface area contributed by atoms with E-state index >= 15 is 0 Å². The minimum atomic E-state index is -0.900. The van der Waals surface area contributed by atoms with Crippen LogP contribution in [0.4, 0.5) is 0 Å². The van der Waals surface area contributed by atoms with E-state index in [4.69, 9.17) is 5.11 Å². The molecule has 3 heteroatoms. The summed E-state index contributed by atoms with van der Waals surface area (Å²) in [5.74, 6) is -0.362. The fraction of sp³-hybridized carbons (Fsp3) is 0.462. The lowest BCUT2D eigenvalue weighted by Crippen LogP contribution is -2.25. The third-order valence-electron chi connectivity index (χ3n) is 6.54. The molecule has 0 amide bonds. The topological polar surface area (TPSA) is 61.1 Å². The summed E-state index contributed by atoms with van der Waals surface area (Å²) in [6.45, 7) is 2.22. The molecule has 1 aliphatic carbocycles. The summed E-state index contributed by atoms with van der Waals surface area (Å²) in [4.78, 5) is 11.0. The van der Waals surface area contributed by atoms with Crippen molar-refractivity contribution in [3.05, 3.63) is 59.7 Å². The Kier molecular flexibility index (Phi) is 7.09. The molecule has 1 saturated carbocycles. The third kappa shape index (κ3) is 5.26. The SMILES string of the molecule is CCCCCCC1(C#N)CCC(c2ccc(-c3ccc(C(=O)O)cc3)cc2)CC1. The van der Waals surface area contributed by atoms with Gasteiger partial charge in [0.2, 0.25) is 0 Å². The van der Waals surface area contributed by atoms with Gasteiger partial charge in [0.25, 0.3) is 0 Å². The maximum absolute atomic E-state index is 11.0. The standard InChI is InChI=1S/C26H31NO2/c1-2-3-4-5-16-26(19-27)17-14-23(15-18-26)22-8-6-20(7-9-22)21-10-12-24(13-11-21)25(28)29/h6-13,23H,2-5,14-18H2,1H3,(H,28,29). The van der Waals surface area contributed by atoms with Crippen molar-refractivity contribution in [1.29, 1.82) is 5.26 Å². The Labute approximate surface area is 174 Å². The van der Waals surface area contributed by atoms with Crippen molar-refractivity contribution in [2.45, 2.75) is 70.6 Å². The van der Waals surface area contributed by atoms with Gasteiger partial charge in [-0.15, -0.1) is 0 Å². The summed E-state index contributed by atoms with van der Waals surface area (Å²) in [6, 6.07) is 18.3. The van der Waals surface area contributed by atoms with E-state index in [0.29, 0.717) is 11.5 Å². The molecule has 1 fully saturated rings. The number of carboxylic acids is 1. The van der Waals surface area contributed by atoms with Crippen LogP contribution in [0.25, 0.3) is 11.1 Å². The van der Waals surface area contributed by atoms with Gasteiger partial charge in [-0.05, 0) is 66.8 Å². The van der Waals surface area contributed by atoms with E-state index in [-0.39, 0.29) is 5.41 Å². The van der Waals surface area contributed by atoms with Gasteiger partial charge >= 0.3 is 5.97 Å². The Hall–Kier alpha value is -2.60. The number of hydrogen-bond donors (Lipinski definition) is 1. The fourth-order valence-electron chi connectivity index (χ4n) is 4.56. The van der Waals surface area contributed by atoms with E-state index in [9.17, 15) is 10.1 Å². The first-order valence-electron chi connectivity index (χ1n) is 10.9. The first-order valence-corrected chi connectivity index (χ1v) is 10.9. The average molecular weight is 390 g/mol. The predicted molar refractivity (Wildman–Crippen MR) is 117 cm³/mol. The van der Waals surface area contributed by atoms with Crippen LogP contribution < -0.4 is 0 Å². The molecule has 1 N–H and O–H groups in total. The van der Waals surface area contributed by atoms with Crippen molar-refractivity contribution >= 4 is 5.97 Å². The van der Waals surface area contributed by atoms with Crippen LogP contribution in [0.2, 0.25) is 0 Å². The second-order valence-corrected chi connectivity index (χ2v) is 8.48. The van der Waals surface area contributed by atoms with E-state index < -0.39 is 5.97 Å². The summed E-state index contributed by atoms with van der Waals surface area (Å²) in [6.07, 6.45) is 10.2. The molecule has 3 nitrogen and oxygen atoms in total. The molecule has 0 aromatic heterocycles. The van der Waals surface area contributed by atoms with Crippen LogP contribution in [-0.4, -0.2) is 11.1 Å². The Morgan fingerprint density at radius 2 is 1.59 bits per heavy atom. The first kappa shape index (κ1) is 21.1. The summed E-state index contributed by atoms with van der Waals surface area (Å²) in [7, 11) is 0. The number of nitriles is 1. The van der Waals surface area contributed by atoms with Crippen LogP contribution >= 0.6 is 0 Å². The van der Waals surface area contributed by atoms with Gasteiger partial charge in [0.05, 0.1) is 17.0 Å². The number of carbonyl (C=O) groups is 1. The zero-order chi connectivity index (χ0) is 20.7. The van der Waals surface area contributed by atoms with Crippen LogP contribution in [0.15, 0.2) is 48.5 Å². The highest BCUT2D eigenvalue weighted by Crippen LogP contribution is 2.45. The van der Waals surface area contributed by atoms with Crippen LogP contribution in [0, 0.1) is 16.7 Å². The molecule has 0 unspecified atom stereocenters. The fourth-order valence-corrected chi connectivity index (χ4v) is 4.56. The highest BCUT2D eigenvalue weighted by molar-refractivity contribution is 5.88. The van der Waals surface area contributed by atoms with E-state index in [1.54, 1.807) is 12.1 Å². The molecule has 2 aromatic rings. The van der Waals surface area contributed by atoms with Crippen molar-refractivity contribution in [1.82, 2.24) is 0 Å². The zero-order valence-corrected chi connectivity index (χ0v) is 17.4. The van der Waals surface area contributed by atoms with Crippen molar-refractivity contribution in [2.75, 3.05) is 0 Å². The minimum absolute atomic E-state index is 0.101. The number of hydrogen-bond acceptors (Lipinski definition) is 2. The molecule has 152 valence electrons. The molecule has 0 aliphatic heterocycles. The molecular weight excluding hydrogens is 358 g/mol. The highest BCUT2D eigenvalue weighted by Gasteiger charge is 2.35. The molecule has 29 heavy (non-hydrogen) atoms. The second kappa shape index (κ2) is 9.74.